The molecule has 1 aliphatic rings. The standard InChI is InChI=1S/C24H28N2O/c1-4-5-14-25-15-13-20-21-17(2)11-12-18(3)22(21)26(23(20)24(25)27)16-19-9-7-6-8-10-19/h6-12H,4-5,13-16H2,1-3H3. The van der Waals surface area contributed by atoms with Gasteiger partial charge in [0.1, 0.15) is 5.69 Å². The molecular weight excluding hydrogens is 332 g/mol. The first-order chi connectivity index (χ1) is 13.1. The Bertz CT molecular complexity index is 985. The number of aromatic nitrogens is 1. The van der Waals surface area contributed by atoms with E-state index in [0.717, 1.165) is 44.6 Å². The van der Waals surface area contributed by atoms with Gasteiger partial charge in [0, 0.05) is 25.0 Å². The molecule has 1 aromatic heterocycles. The van der Waals surface area contributed by atoms with Crippen LogP contribution in [0, 0.1) is 13.8 Å². The van der Waals surface area contributed by atoms with Crippen LogP contribution >= 0.6 is 0 Å². The van der Waals surface area contributed by atoms with Gasteiger partial charge in [0.05, 0.1) is 5.52 Å². The normalized spacial score (nSPS) is 14.0. The molecule has 0 fully saturated rings. The zero-order chi connectivity index (χ0) is 19.0. The van der Waals surface area contributed by atoms with E-state index in [2.05, 4.69) is 66.6 Å². The first-order valence-corrected chi connectivity index (χ1v) is 10.1. The van der Waals surface area contributed by atoms with Crippen molar-refractivity contribution in [2.75, 3.05) is 13.1 Å². The Hall–Kier alpha value is -2.55. The molecular formula is C24H28N2O. The monoisotopic (exact) mass is 360 g/mol. The topological polar surface area (TPSA) is 25.2 Å². The van der Waals surface area contributed by atoms with E-state index in [1.54, 1.807) is 0 Å². The van der Waals surface area contributed by atoms with E-state index in [0.29, 0.717) is 0 Å². The molecule has 0 aliphatic carbocycles. The van der Waals surface area contributed by atoms with Crippen LogP contribution in [-0.4, -0.2) is 28.5 Å². The van der Waals surface area contributed by atoms with Gasteiger partial charge in [0.2, 0.25) is 0 Å². The fraction of sp³-hybridized carbons (Fsp3) is 0.375. The number of hydrogen-bond donors (Lipinski definition) is 0. The van der Waals surface area contributed by atoms with Crippen molar-refractivity contribution in [2.45, 2.75) is 46.6 Å². The molecule has 0 saturated heterocycles. The van der Waals surface area contributed by atoms with Gasteiger partial charge in [-0.2, -0.15) is 0 Å². The summed E-state index contributed by atoms with van der Waals surface area (Å²) in [5.74, 6) is 0.204. The van der Waals surface area contributed by atoms with Crippen LogP contribution in [0.3, 0.4) is 0 Å². The van der Waals surface area contributed by atoms with Crippen molar-refractivity contribution in [3.63, 3.8) is 0 Å². The largest absolute Gasteiger partial charge is 0.337 e. The molecule has 27 heavy (non-hydrogen) atoms. The first-order valence-electron chi connectivity index (χ1n) is 10.1. The van der Waals surface area contributed by atoms with Gasteiger partial charge in [-0.3, -0.25) is 4.79 Å². The predicted molar refractivity (Wildman–Crippen MR) is 111 cm³/mol. The van der Waals surface area contributed by atoms with Gasteiger partial charge in [-0.25, -0.2) is 0 Å². The molecule has 0 atom stereocenters. The number of nitrogens with zero attached hydrogens (tertiary/aromatic N) is 2. The number of rotatable bonds is 5. The highest BCUT2D eigenvalue weighted by Gasteiger charge is 2.31. The van der Waals surface area contributed by atoms with Crippen molar-refractivity contribution in [3.05, 3.63) is 70.4 Å². The second-order valence-corrected chi connectivity index (χ2v) is 7.72. The number of carbonyl (C=O) groups excluding carboxylic acids is 1. The Morgan fingerprint density at radius 2 is 1.74 bits per heavy atom. The first kappa shape index (κ1) is 17.8. The van der Waals surface area contributed by atoms with Gasteiger partial charge < -0.3 is 9.47 Å². The summed E-state index contributed by atoms with van der Waals surface area (Å²) < 4.78 is 2.28. The molecule has 0 radical (unpaired) electrons. The third-order valence-electron chi connectivity index (χ3n) is 5.80. The van der Waals surface area contributed by atoms with Crippen LogP contribution in [0.2, 0.25) is 0 Å². The lowest BCUT2D eigenvalue weighted by Crippen LogP contribution is -2.39. The van der Waals surface area contributed by atoms with Gasteiger partial charge in [0.25, 0.3) is 5.91 Å². The number of hydrogen-bond acceptors (Lipinski definition) is 1. The summed E-state index contributed by atoms with van der Waals surface area (Å²) in [4.78, 5) is 15.5. The van der Waals surface area contributed by atoms with Crippen LogP contribution in [0.15, 0.2) is 42.5 Å². The van der Waals surface area contributed by atoms with E-state index in [4.69, 9.17) is 0 Å². The minimum absolute atomic E-state index is 0.204. The SMILES string of the molecule is CCCCN1CCc2c(n(Cc3ccccc3)c3c(C)ccc(C)c23)C1=O. The summed E-state index contributed by atoms with van der Waals surface area (Å²) >= 11 is 0. The summed E-state index contributed by atoms with van der Waals surface area (Å²) in [6, 6.07) is 14.8. The van der Waals surface area contributed by atoms with E-state index >= 15 is 0 Å². The maximum atomic E-state index is 13.4. The average Bonchev–Trinajstić information content (AvgIpc) is 3.01. The molecule has 4 rings (SSSR count). The van der Waals surface area contributed by atoms with Crippen molar-refractivity contribution in [2.24, 2.45) is 0 Å². The van der Waals surface area contributed by atoms with Gasteiger partial charge >= 0.3 is 0 Å². The maximum absolute atomic E-state index is 13.4. The number of amides is 1. The van der Waals surface area contributed by atoms with E-state index in [1.807, 2.05) is 6.07 Å². The molecule has 2 aromatic carbocycles. The number of carbonyl (C=O) groups is 1. The molecule has 2 heterocycles. The lowest BCUT2D eigenvalue weighted by Gasteiger charge is -2.28. The smallest absolute Gasteiger partial charge is 0.270 e. The summed E-state index contributed by atoms with van der Waals surface area (Å²) in [5.41, 5.74) is 7.14. The molecule has 0 saturated carbocycles. The fourth-order valence-corrected chi connectivity index (χ4v) is 4.39. The van der Waals surface area contributed by atoms with E-state index in [9.17, 15) is 4.79 Å². The zero-order valence-corrected chi connectivity index (χ0v) is 16.6. The molecule has 0 bridgehead atoms. The van der Waals surface area contributed by atoms with E-state index < -0.39 is 0 Å². The zero-order valence-electron chi connectivity index (χ0n) is 16.6. The summed E-state index contributed by atoms with van der Waals surface area (Å²) in [6.45, 7) is 8.95. The minimum atomic E-state index is 0.204. The highest BCUT2D eigenvalue weighted by atomic mass is 16.2. The number of fused-ring (bicyclic) bond motifs is 3. The Labute approximate surface area is 161 Å². The van der Waals surface area contributed by atoms with Gasteiger partial charge in [-0.15, -0.1) is 0 Å². The van der Waals surface area contributed by atoms with Crippen molar-refractivity contribution in [1.82, 2.24) is 9.47 Å². The van der Waals surface area contributed by atoms with Crippen molar-refractivity contribution < 1.29 is 4.79 Å². The Kier molecular flexibility index (Phi) is 4.77. The quantitative estimate of drug-likeness (QED) is 0.621. The summed E-state index contributed by atoms with van der Waals surface area (Å²) in [6.07, 6.45) is 3.13. The van der Waals surface area contributed by atoms with E-state index in [1.165, 1.54) is 33.2 Å². The van der Waals surface area contributed by atoms with Gasteiger partial charge in [0.15, 0.2) is 0 Å². The third kappa shape index (κ3) is 3.05. The third-order valence-corrected chi connectivity index (χ3v) is 5.80. The number of benzene rings is 2. The molecule has 1 aliphatic heterocycles. The molecule has 0 spiro atoms. The average molecular weight is 361 g/mol. The highest BCUT2D eigenvalue weighted by molar-refractivity contribution is 6.04. The fourth-order valence-electron chi connectivity index (χ4n) is 4.39. The summed E-state index contributed by atoms with van der Waals surface area (Å²) in [5, 5.41) is 1.30. The van der Waals surface area contributed by atoms with Crippen LogP contribution in [-0.2, 0) is 13.0 Å². The van der Waals surface area contributed by atoms with Crippen LogP contribution in [0.25, 0.3) is 10.9 Å². The predicted octanol–water partition coefficient (Wildman–Crippen LogP) is 5.10. The second kappa shape index (κ2) is 7.22. The molecule has 140 valence electrons. The van der Waals surface area contributed by atoms with Crippen molar-refractivity contribution in [3.8, 4) is 0 Å². The lowest BCUT2D eigenvalue weighted by atomic mass is 9.98. The molecule has 1 amide bonds. The minimum Gasteiger partial charge on any atom is -0.337 e. The maximum Gasteiger partial charge on any atom is 0.270 e. The van der Waals surface area contributed by atoms with Crippen LogP contribution in [0.5, 0.6) is 0 Å². The Balaban J connectivity index is 1.91. The molecule has 0 N–H and O–H groups in total. The van der Waals surface area contributed by atoms with Gasteiger partial charge in [-0.05, 0) is 48.9 Å². The van der Waals surface area contributed by atoms with Crippen LogP contribution in [0.4, 0.5) is 0 Å². The highest BCUT2D eigenvalue weighted by Crippen LogP contribution is 2.35. The van der Waals surface area contributed by atoms with Crippen molar-refractivity contribution >= 4 is 16.8 Å². The molecule has 3 aromatic rings. The molecule has 3 heteroatoms. The summed E-state index contributed by atoms with van der Waals surface area (Å²) in [7, 11) is 0. The van der Waals surface area contributed by atoms with E-state index in [-0.39, 0.29) is 5.91 Å². The number of unbranched alkanes of at least 4 members (excludes halogenated alkanes) is 1. The Morgan fingerprint density at radius 3 is 2.48 bits per heavy atom. The Morgan fingerprint density at radius 1 is 1.00 bits per heavy atom. The number of aryl methyl sites for hydroxylation is 2. The van der Waals surface area contributed by atoms with Crippen LogP contribution in [0.1, 0.15) is 52.5 Å². The van der Waals surface area contributed by atoms with Crippen molar-refractivity contribution in [1.29, 1.82) is 0 Å². The lowest BCUT2D eigenvalue weighted by molar-refractivity contribution is 0.0727. The van der Waals surface area contributed by atoms with Gasteiger partial charge in [-0.1, -0.05) is 55.8 Å². The molecule has 3 nitrogen and oxygen atoms in total. The molecule has 0 unspecified atom stereocenters. The van der Waals surface area contributed by atoms with Crippen LogP contribution < -0.4 is 0 Å². The second-order valence-electron chi connectivity index (χ2n) is 7.72.